The summed E-state index contributed by atoms with van der Waals surface area (Å²) in [6, 6.07) is 5.54. The zero-order chi connectivity index (χ0) is 14.4. The molecule has 0 spiro atoms. The van der Waals surface area contributed by atoms with Gasteiger partial charge in [0.15, 0.2) is 0 Å². The van der Waals surface area contributed by atoms with E-state index in [-0.39, 0.29) is 11.9 Å². The Labute approximate surface area is 131 Å². The monoisotopic (exact) mass is 390 g/mol. The second-order valence-electron chi connectivity index (χ2n) is 4.94. The second-order valence-corrected chi connectivity index (χ2v) is 6.64. The van der Waals surface area contributed by atoms with Crippen LogP contribution in [-0.4, -0.2) is 18.5 Å². The maximum absolute atomic E-state index is 11.9. The molecule has 0 saturated carbocycles. The Balaban J connectivity index is 2.54. The van der Waals surface area contributed by atoms with Gasteiger partial charge in [-0.05, 0) is 63.3 Å². The minimum Gasteiger partial charge on any atom is -0.372 e. The van der Waals surface area contributed by atoms with Gasteiger partial charge in [-0.2, -0.15) is 0 Å². The van der Waals surface area contributed by atoms with Gasteiger partial charge in [0, 0.05) is 15.5 Å². The van der Waals surface area contributed by atoms with Gasteiger partial charge in [0.25, 0.3) is 0 Å². The van der Waals surface area contributed by atoms with E-state index in [0.29, 0.717) is 5.92 Å². The molecule has 1 atom stereocenters. The predicted molar refractivity (Wildman–Crippen MR) is 87.4 cm³/mol. The van der Waals surface area contributed by atoms with Crippen LogP contribution in [0.5, 0.6) is 0 Å². The van der Waals surface area contributed by atoms with Crippen molar-refractivity contribution in [1.29, 1.82) is 0 Å². The first-order chi connectivity index (χ1) is 8.91. The van der Waals surface area contributed by atoms with Crippen LogP contribution in [0.1, 0.15) is 27.2 Å². The highest BCUT2D eigenvalue weighted by molar-refractivity contribution is 9.11. The van der Waals surface area contributed by atoms with Crippen molar-refractivity contribution in [2.75, 3.05) is 11.9 Å². The maximum atomic E-state index is 11.9. The lowest BCUT2D eigenvalue weighted by atomic mass is 10.1. The Kier molecular flexibility index (Phi) is 6.86. The number of rotatable bonds is 6. The SMILES string of the molecule is CC(C)CCNC(=O)C(C)Nc1c(Br)cccc1Br. The predicted octanol–water partition coefficient (Wildman–Crippen LogP) is 4.17. The quantitative estimate of drug-likeness (QED) is 0.763. The summed E-state index contributed by atoms with van der Waals surface area (Å²) in [6.45, 7) is 6.87. The summed E-state index contributed by atoms with van der Waals surface area (Å²) < 4.78 is 1.87. The van der Waals surface area contributed by atoms with Crippen molar-refractivity contribution in [2.24, 2.45) is 5.92 Å². The van der Waals surface area contributed by atoms with Crippen molar-refractivity contribution in [2.45, 2.75) is 33.2 Å². The molecule has 1 unspecified atom stereocenters. The second kappa shape index (κ2) is 7.90. The van der Waals surface area contributed by atoms with E-state index in [1.54, 1.807) is 0 Å². The number of carbonyl (C=O) groups is 1. The van der Waals surface area contributed by atoms with Crippen LogP contribution in [0.25, 0.3) is 0 Å². The van der Waals surface area contributed by atoms with Gasteiger partial charge in [0.2, 0.25) is 5.91 Å². The summed E-state index contributed by atoms with van der Waals surface area (Å²) in [4.78, 5) is 11.9. The average Bonchev–Trinajstić information content (AvgIpc) is 2.33. The van der Waals surface area contributed by atoms with Gasteiger partial charge in [-0.25, -0.2) is 0 Å². The Morgan fingerprint density at radius 2 is 1.79 bits per heavy atom. The molecule has 0 radical (unpaired) electrons. The molecule has 0 aliphatic heterocycles. The number of benzene rings is 1. The first-order valence-corrected chi connectivity index (χ1v) is 7.98. The maximum Gasteiger partial charge on any atom is 0.242 e. The molecule has 0 heterocycles. The topological polar surface area (TPSA) is 41.1 Å². The number of amides is 1. The average molecular weight is 392 g/mol. The molecule has 0 fully saturated rings. The number of anilines is 1. The summed E-state index contributed by atoms with van der Waals surface area (Å²) in [5.41, 5.74) is 0.897. The van der Waals surface area contributed by atoms with Crippen molar-refractivity contribution >= 4 is 43.5 Å². The molecule has 3 nitrogen and oxygen atoms in total. The van der Waals surface area contributed by atoms with E-state index in [1.807, 2.05) is 25.1 Å². The normalized spacial score (nSPS) is 12.3. The molecule has 5 heteroatoms. The third-order valence-corrected chi connectivity index (χ3v) is 4.06. The van der Waals surface area contributed by atoms with Crippen molar-refractivity contribution in [3.63, 3.8) is 0 Å². The smallest absolute Gasteiger partial charge is 0.242 e. The fourth-order valence-corrected chi connectivity index (χ4v) is 2.78. The Morgan fingerprint density at radius 3 is 2.32 bits per heavy atom. The third kappa shape index (κ3) is 5.53. The lowest BCUT2D eigenvalue weighted by Gasteiger charge is -2.17. The molecular formula is C14H20Br2N2O. The van der Waals surface area contributed by atoms with Crippen LogP contribution in [0, 0.1) is 5.92 Å². The fraction of sp³-hybridized carbons (Fsp3) is 0.500. The molecule has 1 aromatic carbocycles. The van der Waals surface area contributed by atoms with Crippen LogP contribution in [-0.2, 0) is 4.79 Å². The van der Waals surface area contributed by atoms with E-state index in [0.717, 1.165) is 27.6 Å². The van der Waals surface area contributed by atoms with E-state index in [9.17, 15) is 4.79 Å². The number of para-hydroxylation sites is 1. The highest BCUT2D eigenvalue weighted by atomic mass is 79.9. The number of nitrogens with one attached hydrogen (secondary N) is 2. The highest BCUT2D eigenvalue weighted by Crippen LogP contribution is 2.30. The summed E-state index contributed by atoms with van der Waals surface area (Å²) >= 11 is 6.94. The van der Waals surface area contributed by atoms with Gasteiger partial charge in [0.1, 0.15) is 6.04 Å². The summed E-state index contributed by atoms with van der Waals surface area (Å²) in [5.74, 6) is 0.615. The number of halogens is 2. The first kappa shape index (κ1) is 16.5. The molecule has 0 saturated heterocycles. The molecule has 106 valence electrons. The summed E-state index contributed by atoms with van der Waals surface area (Å²) in [6.07, 6.45) is 0.997. The molecule has 0 aliphatic rings. The van der Waals surface area contributed by atoms with E-state index in [2.05, 4.69) is 56.3 Å². The molecule has 0 aliphatic carbocycles. The molecular weight excluding hydrogens is 372 g/mol. The number of hydrogen-bond acceptors (Lipinski definition) is 2. The zero-order valence-electron chi connectivity index (χ0n) is 11.5. The lowest BCUT2D eigenvalue weighted by Crippen LogP contribution is -2.38. The van der Waals surface area contributed by atoms with Gasteiger partial charge in [-0.3, -0.25) is 4.79 Å². The Hall–Kier alpha value is -0.550. The highest BCUT2D eigenvalue weighted by Gasteiger charge is 2.14. The van der Waals surface area contributed by atoms with Crippen LogP contribution in [0.4, 0.5) is 5.69 Å². The van der Waals surface area contributed by atoms with Crippen molar-refractivity contribution < 1.29 is 4.79 Å². The van der Waals surface area contributed by atoms with Crippen LogP contribution in [0.2, 0.25) is 0 Å². The molecule has 0 aromatic heterocycles. The van der Waals surface area contributed by atoms with Gasteiger partial charge >= 0.3 is 0 Å². The van der Waals surface area contributed by atoms with Crippen LogP contribution in [0.15, 0.2) is 27.1 Å². The van der Waals surface area contributed by atoms with Gasteiger partial charge < -0.3 is 10.6 Å². The van der Waals surface area contributed by atoms with Crippen molar-refractivity contribution in [3.8, 4) is 0 Å². The minimum atomic E-state index is -0.276. The van der Waals surface area contributed by atoms with E-state index >= 15 is 0 Å². The van der Waals surface area contributed by atoms with Crippen LogP contribution in [0.3, 0.4) is 0 Å². The zero-order valence-corrected chi connectivity index (χ0v) is 14.6. The van der Waals surface area contributed by atoms with Gasteiger partial charge in [-0.15, -0.1) is 0 Å². The number of hydrogen-bond donors (Lipinski definition) is 2. The van der Waals surface area contributed by atoms with Crippen LogP contribution >= 0.6 is 31.9 Å². The standard InChI is InChI=1S/C14H20Br2N2O/c1-9(2)7-8-17-14(19)10(3)18-13-11(15)5-4-6-12(13)16/h4-6,9-10,18H,7-8H2,1-3H3,(H,17,19). The lowest BCUT2D eigenvalue weighted by molar-refractivity contribution is -0.121. The fourth-order valence-electron chi connectivity index (χ4n) is 1.55. The largest absolute Gasteiger partial charge is 0.372 e. The molecule has 1 amide bonds. The molecule has 1 rings (SSSR count). The van der Waals surface area contributed by atoms with Gasteiger partial charge in [-0.1, -0.05) is 19.9 Å². The van der Waals surface area contributed by atoms with E-state index < -0.39 is 0 Å². The van der Waals surface area contributed by atoms with Crippen LogP contribution < -0.4 is 10.6 Å². The van der Waals surface area contributed by atoms with Crippen molar-refractivity contribution in [3.05, 3.63) is 27.1 Å². The minimum absolute atomic E-state index is 0.0169. The molecule has 19 heavy (non-hydrogen) atoms. The number of carbonyl (C=O) groups excluding carboxylic acids is 1. The van der Waals surface area contributed by atoms with Gasteiger partial charge in [0.05, 0.1) is 5.69 Å². The third-order valence-electron chi connectivity index (χ3n) is 2.74. The van der Waals surface area contributed by atoms with E-state index in [1.165, 1.54) is 0 Å². The Morgan fingerprint density at radius 1 is 1.21 bits per heavy atom. The molecule has 2 N–H and O–H groups in total. The van der Waals surface area contributed by atoms with E-state index in [4.69, 9.17) is 0 Å². The first-order valence-electron chi connectivity index (χ1n) is 6.40. The van der Waals surface area contributed by atoms with Crippen molar-refractivity contribution in [1.82, 2.24) is 5.32 Å². The summed E-state index contributed by atoms with van der Waals surface area (Å²) in [5, 5.41) is 6.15. The molecule has 1 aromatic rings. The molecule has 0 bridgehead atoms. The Bertz CT molecular complexity index is 415. The summed E-state index contributed by atoms with van der Waals surface area (Å²) in [7, 11) is 0.